The molecule has 2 atom stereocenters. The highest BCUT2D eigenvalue weighted by Gasteiger charge is 2.32. The molecule has 2 aromatic rings. The fourth-order valence-electron chi connectivity index (χ4n) is 2.07. The van der Waals surface area contributed by atoms with Crippen molar-refractivity contribution in [2.75, 3.05) is 5.73 Å². The molecule has 0 unspecified atom stereocenters. The van der Waals surface area contributed by atoms with Crippen molar-refractivity contribution in [2.24, 2.45) is 11.8 Å². The number of aromatic nitrogens is 4. The van der Waals surface area contributed by atoms with Crippen molar-refractivity contribution in [3.63, 3.8) is 0 Å². The van der Waals surface area contributed by atoms with Crippen molar-refractivity contribution >= 4 is 5.82 Å². The van der Waals surface area contributed by atoms with Crippen molar-refractivity contribution in [1.29, 1.82) is 0 Å². The van der Waals surface area contributed by atoms with Gasteiger partial charge in [-0.05, 0) is 24.7 Å². The van der Waals surface area contributed by atoms with E-state index >= 15 is 0 Å². The third-order valence-corrected chi connectivity index (χ3v) is 3.39. The molecule has 6 heteroatoms. The number of aryl methyl sites for hydroxylation is 1. The Balaban J connectivity index is 1.69. The summed E-state index contributed by atoms with van der Waals surface area (Å²) in [7, 11) is 0. The Kier molecular flexibility index (Phi) is 2.70. The first-order valence-corrected chi connectivity index (χ1v) is 6.13. The normalized spacial score (nSPS) is 22.1. The van der Waals surface area contributed by atoms with E-state index in [2.05, 4.69) is 27.0 Å². The largest absolute Gasteiger partial charge is 0.384 e. The first-order valence-electron chi connectivity index (χ1n) is 6.13. The molecule has 18 heavy (non-hydrogen) atoms. The van der Waals surface area contributed by atoms with Crippen LogP contribution in [0.4, 0.5) is 5.82 Å². The van der Waals surface area contributed by atoms with Gasteiger partial charge in [-0.3, -0.25) is 0 Å². The molecule has 0 saturated heterocycles. The lowest BCUT2D eigenvalue weighted by molar-refractivity contribution is 0.372. The molecule has 0 radical (unpaired) electrons. The summed E-state index contributed by atoms with van der Waals surface area (Å²) in [5.74, 6) is 3.23. The van der Waals surface area contributed by atoms with Crippen LogP contribution in [0.3, 0.4) is 0 Å². The lowest BCUT2D eigenvalue weighted by Crippen LogP contribution is -1.94. The van der Waals surface area contributed by atoms with Gasteiger partial charge in [0.2, 0.25) is 11.7 Å². The van der Waals surface area contributed by atoms with Gasteiger partial charge in [0.25, 0.3) is 0 Å². The van der Waals surface area contributed by atoms with Crippen LogP contribution in [0.1, 0.15) is 25.7 Å². The minimum Gasteiger partial charge on any atom is -0.384 e. The molecule has 2 heterocycles. The van der Waals surface area contributed by atoms with Crippen molar-refractivity contribution in [2.45, 2.75) is 26.2 Å². The highest BCUT2D eigenvalue weighted by molar-refractivity contribution is 5.52. The molecule has 0 bridgehead atoms. The third-order valence-electron chi connectivity index (χ3n) is 3.39. The van der Waals surface area contributed by atoms with Crippen molar-refractivity contribution in [3.05, 3.63) is 18.3 Å². The van der Waals surface area contributed by atoms with Gasteiger partial charge >= 0.3 is 0 Å². The number of nitrogen functional groups attached to an aromatic ring is 1. The fraction of sp³-hybridized carbons (Fsp3) is 0.500. The quantitative estimate of drug-likeness (QED) is 0.881. The van der Waals surface area contributed by atoms with Gasteiger partial charge in [-0.15, -0.1) is 0 Å². The van der Waals surface area contributed by atoms with Gasteiger partial charge in [-0.25, -0.2) is 9.97 Å². The molecule has 2 N–H and O–H groups in total. The van der Waals surface area contributed by atoms with Gasteiger partial charge in [0.15, 0.2) is 0 Å². The minimum absolute atomic E-state index is 0.401. The first kappa shape index (κ1) is 11.1. The summed E-state index contributed by atoms with van der Waals surface area (Å²) in [6.07, 6.45) is 4.67. The SMILES string of the molecule is C[C@@H]1C[C@H]1CCc1nc(-c2cc(N)ncn2)no1. The van der Waals surface area contributed by atoms with Gasteiger partial charge in [0, 0.05) is 12.5 Å². The summed E-state index contributed by atoms with van der Waals surface area (Å²) in [5.41, 5.74) is 6.18. The van der Waals surface area contributed by atoms with Crippen LogP contribution < -0.4 is 5.73 Å². The van der Waals surface area contributed by atoms with E-state index in [9.17, 15) is 0 Å². The second kappa shape index (κ2) is 4.36. The molecule has 0 amide bonds. The van der Waals surface area contributed by atoms with E-state index in [0.717, 1.165) is 24.7 Å². The van der Waals surface area contributed by atoms with E-state index in [1.807, 2.05) is 0 Å². The summed E-state index contributed by atoms with van der Waals surface area (Å²) in [5, 5.41) is 3.91. The summed E-state index contributed by atoms with van der Waals surface area (Å²) in [6, 6.07) is 1.64. The minimum atomic E-state index is 0.401. The van der Waals surface area contributed by atoms with Crippen LogP contribution in [0.15, 0.2) is 16.9 Å². The zero-order valence-electron chi connectivity index (χ0n) is 10.2. The van der Waals surface area contributed by atoms with Crippen LogP contribution in [0, 0.1) is 11.8 Å². The molecule has 0 spiro atoms. The Bertz CT molecular complexity index is 553. The molecular formula is C12H15N5O. The highest BCUT2D eigenvalue weighted by atomic mass is 16.5. The molecule has 6 nitrogen and oxygen atoms in total. The Hall–Kier alpha value is -1.98. The summed E-state index contributed by atoms with van der Waals surface area (Å²) >= 11 is 0. The highest BCUT2D eigenvalue weighted by Crippen LogP contribution is 2.41. The molecule has 1 saturated carbocycles. The van der Waals surface area contributed by atoms with Gasteiger partial charge in [0.1, 0.15) is 17.8 Å². The van der Waals surface area contributed by atoms with Crippen LogP contribution in [0.2, 0.25) is 0 Å². The number of hydrogen-bond donors (Lipinski definition) is 1. The van der Waals surface area contributed by atoms with Crippen molar-refractivity contribution in [3.8, 4) is 11.5 Å². The molecule has 3 rings (SSSR count). The summed E-state index contributed by atoms with van der Waals surface area (Å²) in [6.45, 7) is 2.27. The zero-order chi connectivity index (χ0) is 12.5. The van der Waals surface area contributed by atoms with Gasteiger partial charge in [0.05, 0.1) is 0 Å². The zero-order valence-corrected chi connectivity index (χ0v) is 10.2. The first-order chi connectivity index (χ1) is 8.72. The number of anilines is 1. The number of rotatable bonds is 4. The van der Waals surface area contributed by atoms with E-state index in [-0.39, 0.29) is 0 Å². The Labute approximate surface area is 105 Å². The average Bonchev–Trinajstić information content (AvgIpc) is 2.89. The second-order valence-corrected chi connectivity index (χ2v) is 4.85. The maximum Gasteiger partial charge on any atom is 0.227 e. The Morgan fingerprint density at radius 2 is 2.28 bits per heavy atom. The maximum atomic E-state index is 5.59. The molecule has 1 aliphatic carbocycles. The fourth-order valence-corrected chi connectivity index (χ4v) is 2.07. The standard InChI is InChI=1S/C12H15N5O/c1-7-4-8(7)2-3-11-16-12(17-18-11)9-5-10(13)15-6-14-9/h5-8H,2-4H2,1H3,(H2,13,14,15)/t7-,8-/m1/s1. The van der Waals surface area contributed by atoms with E-state index < -0.39 is 0 Å². The lowest BCUT2D eigenvalue weighted by atomic mass is 10.2. The summed E-state index contributed by atoms with van der Waals surface area (Å²) in [4.78, 5) is 12.2. The summed E-state index contributed by atoms with van der Waals surface area (Å²) < 4.78 is 5.21. The predicted molar refractivity (Wildman–Crippen MR) is 65.3 cm³/mol. The number of nitrogens with two attached hydrogens (primary N) is 1. The van der Waals surface area contributed by atoms with Crippen LogP contribution in [0.5, 0.6) is 0 Å². The van der Waals surface area contributed by atoms with E-state index in [1.54, 1.807) is 6.07 Å². The molecule has 0 aliphatic heterocycles. The molecule has 1 fully saturated rings. The van der Waals surface area contributed by atoms with Gasteiger partial charge in [-0.2, -0.15) is 4.98 Å². The van der Waals surface area contributed by atoms with Crippen molar-refractivity contribution in [1.82, 2.24) is 20.1 Å². The number of nitrogens with zero attached hydrogens (tertiary/aromatic N) is 4. The van der Waals surface area contributed by atoms with Crippen molar-refractivity contribution < 1.29 is 4.52 Å². The van der Waals surface area contributed by atoms with E-state index in [0.29, 0.717) is 23.2 Å². The number of hydrogen-bond acceptors (Lipinski definition) is 6. The molecular weight excluding hydrogens is 230 g/mol. The lowest BCUT2D eigenvalue weighted by Gasteiger charge is -1.94. The van der Waals surface area contributed by atoms with Gasteiger partial charge < -0.3 is 10.3 Å². The van der Waals surface area contributed by atoms with Crippen LogP contribution in [-0.2, 0) is 6.42 Å². The van der Waals surface area contributed by atoms with E-state index in [4.69, 9.17) is 10.3 Å². The Morgan fingerprint density at radius 1 is 1.44 bits per heavy atom. The Morgan fingerprint density at radius 3 is 3.00 bits per heavy atom. The predicted octanol–water partition coefficient (Wildman–Crippen LogP) is 1.70. The molecule has 94 valence electrons. The van der Waals surface area contributed by atoms with Crippen LogP contribution >= 0.6 is 0 Å². The van der Waals surface area contributed by atoms with Gasteiger partial charge in [-0.1, -0.05) is 12.1 Å². The second-order valence-electron chi connectivity index (χ2n) is 4.85. The molecule has 0 aromatic carbocycles. The van der Waals surface area contributed by atoms with Crippen LogP contribution in [0.25, 0.3) is 11.5 Å². The third kappa shape index (κ3) is 2.32. The smallest absolute Gasteiger partial charge is 0.227 e. The van der Waals surface area contributed by atoms with Crippen LogP contribution in [-0.4, -0.2) is 20.1 Å². The molecule has 2 aromatic heterocycles. The average molecular weight is 245 g/mol. The topological polar surface area (TPSA) is 90.7 Å². The van der Waals surface area contributed by atoms with E-state index in [1.165, 1.54) is 12.7 Å². The monoisotopic (exact) mass is 245 g/mol. The maximum absolute atomic E-state index is 5.59. The molecule has 1 aliphatic rings.